The summed E-state index contributed by atoms with van der Waals surface area (Å²) in [5.41, 5.74) is 4.65. The van der Waals surface area contributed by atoms with Gasteiger partial charge in [-0.2, -0.15) is 9.47 Å². The maximum absolute atomic E-state index is 4.79. The molecule has 4 rings (SSSR count). The van der Waals surface area contributed by atoms with E-state index in [2.05, 4.69) is 36.4 Å². The van der Waals surface area contributed by atoms with Crippen LogP contribution in [0.1, 0.15) is 24.4 Å². The molecule has 8 nitrogen and oxygen atoms in total. The molecule has 134 valence electrons. The summed E-state index contributed by atoms with van der Waals surface area (Å²) in [5, 5.41) is 11.8. The molecule has 2 N–H and O–H groups in total. The predicted octanol–water partition coefficient (Wildman–Crippen LogP) is 2.92. The van der Waals surface area contributed by atoms with E-state index in [0.717, 1.165) is 33.3 Å². The fourth-order valence-corrected chi connectivity index (χ4v) is 3.41. The van der Waals surface area contributed by atoms with Crippen LogP contribution in [0.15, 0.2) is 30.9 Å². The van der Waals surface area contributed by atoms with Gasteiger partial charge in [-0.3, -0.25) is 9.08 Å². The Labute approximate surface area is 155 Å². The van der Waals surface area contributed by atoms with E-state index in [-0.39, 0.29) is 6.04 Å². The molecular weight excluding hydrogens is 348 g/mol. The zero-order chi connectivity index (χ0) is 18.3. The van der Waals surface area contributed by atoms with Crippen LogP contribution in [-0.2, 0) is 7.05 Å². The van der Waals surface area contributed by atoms with Crippen molar-refractivity contribution in [3.8, 4) is 11.3 Å². The summed E-state index contributed by atoms with van der Waals surface area (Å²) in [6, 6.07) is 2.11. The van der Waals surface area contributed by atoms with Gasteiger partial charge in [0.25, 0.3) is 0 Å². The smallest absolute Gasteiger partial charge is 0.180 e. The molecule has 0 spiro atoms. The summed E-state index contributed by atoms with van der Waals surface area (Å²) >= 11 is 1.41. The maximum atomic E-state index is 4.79. The largest absolute Gasteiger partial charge is 0.328 e. The van der Waals surface area contributed by atoms with Crippen LogP contribution < -0.4 is 10.6 Å². The van der Waals surface area contributed by atoms with Crippen LogP contribution in [0.3, 0.4) is 0 Å². The van der Waals surface area contributed by atoms with Crippen LogP contribution in [-0.4, -0.2) is 35.6 Å². The van der Waals surface area contributed by atoms with Gasteiger partial charge in [-0.15, -0.1) is 0 Å². The van der Waals surface area contributed by atoms with E-state index in [1.165, 1.54) is 11.5 Å². The highest BCUT2D eigenvalue weighted by molar-refractivity contribution is 7.10. The molecule has 0 fully saturated rings. The molecule has 1 atom stereocenters. The van der Waals surface area contributed by atoms with Gasteiger partial charge in [0.1, 0.15) is 5.00 Å². The Hall–Kier alpha value is -2.78. The van der Waals surface area contributed by atoms with Gasteiger partial charge in [0.2, 0.25) is 0 Å². The van der Waals surface area contributed by atoms with Crippen molar-refractivity contribution in [2.45, 2.75) is 19.9 Å². The second kappa shape index (κ2) is 6.50. The van der Waals surface area contributed by atoms with Crippen molar-refractivity contribution in [2.24, 2.45) is 7.05 Å². The lowest BCUT2D eigenvalue weighted by molar-refractivity contribution is 0.629. The molecule has 4 heterocycles. The SMILES string of the molecule is CNC(C)c1cn2c(-c3cnn(C)c3)cnc2c(Nc2cc(C)ns2)n1. The normalized spacial score (nSPS) is 12.6. The highest BCUT2D eigenvalue weighted by atomic mass is 32.1. The van der Waals surface area contributed by atoms with E-state index >= 15 is 0 Å². The van der Waals surface area contributed by atoms with E-state index < -0.39 is 0 Å². The number of hydrogen-bond donors (Lipinski definition) is 2. The number of aryl methyl sites for hydroxylation is 2. The lowest BCUT2D eigenvalue weighted by Gasteiger charge is -2.13. The summed E-state index contributed by atoms with van der Waals surface area (Å²) in [6.07, 6.45) is 7.69. The highest BCUT2D eigenvalue weighted by Crippen LogP contribution is 2.28. The Morgan fingerprint density at radius 1 is 1.23 bits per heavy atom. The summed E-state index contributed by atoms with van der Waals surface area (Å²) in [4.78, 5) is 9.39. The molecule has 26 heavy (non-hydrogen) atoms. The molecule has 0 radical (unpaired) electrons. The minimum Gasteiger partial charge on any atom is -0.328 e. The second-order valence-electron chi connectivity index (χ2n) is 6.22. The number of fused-ring (bicyclic) bond motifs is 1. The Morgan fingerprint density at radius 3 is 2.73 bits per heavy atom. The molecule has 0 saturated carbocycles. The number of aromatic nitrogens is 6. The van der Waals surface area contributed by atoms with Crippen molar-refractivity contribution in [2.75, 3.05) is 12.4 Å². The zero-order valence-corrected chi connectivity index (χ0v) is 15.9. The fourth-order valence-electron chi connectivity index (χ4n) is 2.75. The highest BCUT2D eigenvalue weighted by Gasteiger charge is 2.16. The van der Waals surface area contributed by atoms with Crippen LogP contribution in [0, 0.1) is 6.92 Å². The molecule has 0 aliphatic rings. The molecule has 0 aliphatic carbocycles. The Morgan fingerprint density at radius 2 is 2.08 bits per heavy atom. The minimum absolute atomic E-state index is 0.104. The Balaban J connectivity index is 1.88. The van der Waals surface area contributed by atoms with Crippen LogP contribution in [0.4, 0.5) is 10.8 Å². The maximum Gasteiger partial charge on any atom is 0.180 e. The van der Waals surface area contributed by atoms with Crippen LogP contribution in [0.25, 0.3) is 16.9 Å². The Bertz CT molecular complexity index is 1060. The average molecular weight is 368 g/mol. The molecule has 0 aromatic carbocycles. The number of nitrogens with zero attached hydrogens (tertiary/aromatic N) is 6. The average Bonchev–Trinajstić information content (AvgIpc) is 3.34. The van der Waals surface area contributed by atoms with Crippen molar-refractivity contribution in [3.05, 3.63) is 42.2 Å². The molecule has 1 unspecified atom stereocenters. The van der Waals surface area contributed by atoms with Gasteiger partial charge in [-0.05, 0) is 38.5 Å². The standard InChI is InChI=1S/C17H20N8S/c1-10-5-15(26-23-10)22-16-17-19-7-14(12-6-20-24(4)8-12)25(17)9-13(21-16)11(2)18-3/h5-9,11,18H,1-4H3,(H,21,22). The van der Waals surface area contributed by atoms with Gasteiger partial charge in [-0.25, -0.2) is 9.97 Å². The van der Waals surface area contributed by atoms with Crippen molar-refractivity contribution >= 4 is 28.0 Å². The first-order valence-corrected chi connectivity index (χ1v) is 9.07. The van der Waals surface area contributed by atoms with Gasteiger partial charge in [0.15, 0.2) is 11.5 Å². The lowest BCUT2D eigenvalue weighted by atomic mass is 10.2. The molecule has 0 bridgehead atoms. The summed E-state index contributed by atoms with van der Waals surface area (Å²) in [7, 11) is 3.83. The van der Waals surface area contributed by atoms with Crippen LogP contribution in [0.2, 0.25) is 0 Å². The molecular formula is C17H20N8S. The van der Waals surface area contributed by atoms with E-state index in [1.54, 1.807) is 4.68 Å². The van der Waals surface area contributed by atoms with Gasteiger partial charge >= 0.3 is 0 Å². The van der Waals surface area contributed by atoms with Gasteiger partial charge in [-0.1, -0.05) is 0 Å². The first kappa shape index (κ1) is 16.7. The van der Waals surface area contributed by atoms with Crippen LogP contribution in [0.5, 0.6) is 0 Å². The minimum atomic E-state index is 0.104. The quantitative estimate of drug-likeness (QED) is 0.563. The van der Waals surface area contributed by atoms with Crippen molar-refractivity contribution in [3.63, 3.8) is 0 Å². The third-order valence-corrected chi connectivity index (χ3v) is 5.05. The van der Waals surface area contributed by atoms with E-state index in [9.17, 15) is 0 Å². The van der Waals surface area contributed by atoms with Crippen molar-refractivity contribution in [1.82, 2.24) is 33.8 Å². The number of rotatable bonds is 5. The number of anilines is 2. The molecule has 9 heteroatoms. The molecule has 0 aliphatic heterocycles. The van der Waals surface area contributed by atoms with Crippen LogP contribution >= 0.6 is 11.5 Å². The van der Waals surface area contributed by atoms with E-state index in [0.29, 0.717) is 5.82 Å². The second-order valence-corrected chi connectivity index (χ2v) is 7.03. The summed E-state index contributed by atoms with van der Waals surface area (Å²) < 4.78 is 8.17. The monoisotopic (exact) mass is 368 g/mol. The van der Waals surface area contributed by atoms with Gasteiger partial charge in [0.05, 0.1) is 29.5 Å². The first-order chi connectivity index (χ1) is 12.5. The third kappa shape index (κ3) is 2.95. The number of imidazole rings is 1. The van der Waals surface area contributed by atoms with Crippen molar-refractivity contribution in [1.29, 1.82) is 0 Å². The summed E-state index contributed by atoms with van der Waals surface area (Å²) in [6.45, 7) is 4.05. The zero-order valence-electron chi connectivity index (χ0n) is 15.1. The third-order valence-electron chi connectivity index (χ3n) is 4.26. The lowest BCUT2D eigenvalue weighted by Crippen LogP contribution is -2.15. The number of nitrogens with one attached hydrogen (secondary N) is 2. The van der Waals surface area contributed by atoms with Crippen molar-refractivity contribution < 1.29 is 0 Å². The molecule has 0 saturated heterocycles. The van der Waals surface area contributed by atoms with E-state index in [1.807, 2.05) is 51.9 Å². The van der Waals surface area contributed by atoms with Gasteiger partial charge in [0, 0.05) is 31.0 Å². The first-order valence-electron chi connectivity index (χ1n) is 8.30. The van der Waals surface area contributed by atoms with E-state index in [4.69, 9.17) is 4.98 Å². The fraction of sp³-hybridized carbons (Fsp3) is 0.294. The molecule has 0 amide bonds. The Kier molecular flexibility index (Phi) is 4.17. The predicted molar refractivity (Wildman–Crippen MR) is 103 cm³/mol. The molecule has 4 aromatic rings. The topological polar surface area (TPSA) is 85.0 Å². The van der Waals surface area contributed by atoms with Gasteiger partial charge < -0.3 is 10.6 Å². The summed E-state index contributed by atoms with van der Waals surface area (Å²) in [5.74, 6) is 0.711. The molecule has 4 aromatic heterocycles. The number of hydrogen-bond acceptors (Lipinski definition) is 7.